The minimum Gasteiger partial charge on any atom is -0.351 e. The lowest BCUT2D eigenvalue weighted by atomic mass is 9.92. The van der Waals surface area contributed by atoms with Crippen LogP contribution in [0.15, 0.2) is 43.0 Å². The van der Waals surface area contributed by atoms with Gasteiger partial charge >= 0.3 is 0 Å². The van der Waals surface area contributed by atoms with Crippen molar-refractivity contribution in [2.75, 3.05) is 6.54 Å². The van der Waals surface area contributed by atoms with Gasteiger partial charge in [-0.15, -0.1) is 0 Å². The van der Waals surface area contributed by atoms with Gasteiger partial charge < -0.3 is 10.2 Å². The number of nitrogens with one attached hydrogen (secondary N) is 1. The summed E-state index contributed by atoms with van der Waals surface area (Å²) in [6.45, 7) is -0.162. The van der Waals surface area contributed by atoms with Gasteiger partial charge in [0.15, 0.2) is 0 Å². The summed E-state index contributed by atoms with van der Waals surface area (Å²) >= 11 is 5.43. The maximum absolute atomic E-state index is 13.9. The molecule has 1 aliphatic carbocycles. The van der Waals surface area contributed by atoms with Crippen LogP contribution in [0.2, 0.25) is 0 Å². The fourth-order valence-corrected chi connectivity index (χ4v) is 3.95. The molecule has 1 N–H and O–H groups in total. The number of nitrogens with zero attached hydrogens (tertiary/aromatic N) is 3. The number of halogens is 5. The highest BCUT2D eigenvalue weighted by atomic mass is 35.5. The molecule has 1 aromatic heterocycles. The molecule has 3 rings (SSSR count). The predicted molar refractivity (Wildman–Crippen MR) is 113 cm³/mol. The van der Waals surface area contributed by atoms with Crippen LogP contribution in [0.5, 0.6) is 0 Å². The first-order valence-corrected chi connectivity index (χ1v) is 10.9. The molecule has 2 atom stereocenters. The SMILES string of the molecule is O=C(NC1CCC(F)(F)CC1)[C@@H](c1cncnc1)N(CCc1cccc(F)c1)C(=O)[C@H](F)Cl. The minimum atomic E-state index is -2.78. The van der Waals surface area contributed by atoms with Crippen molar-refractivity contribution in [1.29, 1.82) is 0 Å². The highest BCUT2D eigenvalue weighted by Gasteiger charge is 2.39. The Bertz CT molecular complexity index is 954. The molecule has 0 saturated heterocycles. The number of aromatic nitrogens is 2. The Labute approximate surface area is 193 Å². The Morgan fingerprint density at radius 2 is 1.88 bits per heavy atom. The molecule has 178 valence electrons. The average Bonchev–Trinajstić information content (AvgIpc) is 2.78. The number of benzene rings is 1. The fraction of sp³-hybridized carbons (Fsp3) is 0.455. The lowest BCUT2D eigenvalue weighted by Crippen LogP contribution is -2.49. The van der Waals surface area contributed by atoms with Crippen molar-refractivity contribution in [2.24, 2.45) is 0 Å². The summed E-state index contributed by atoms with van der Waals surface area (Å²) in [5, 5.41) is 2.69. The number of alkyl halides is 4. The van der Waals surface area contributed by atoms with E-state index in [1.54, 1.807) is 6.07 Å². The quantitative estimate of drug-likeness (QED) is 0.453. The Morgan fingerprint density at radius 1 is 1.21 bits per heavy atom. The van der Waals surface area contributed by atoms with Crippen LogP contribution in [0.3, 0.4) is 0 Å². The summed E-state index contributed by atoms with van der Waals surface area (Å²) in [4.78, 5) is 34.6. The molecule has 33 heavy (non-hydrogen) atoms. The minimum absolute atomic E-state index is 0.0647. The van der Waals surface area contributed by atoms with E-state index in [0.717, 1.165) is 4.90 Å². The second-order valence-electron chi connectivity index (χ2n) is 7.93. The van der Waals surface area contributed by atoms with Crippen molar-refractivity contribution < 1.29 is 27.2 Å². The van der Waals surface area contributed by atoms with Gasteiger partial charge in [-0.1, -0.05) is 23.7 Å². The Hall–Kier alpha value is -2.75. The smallest absolute Gasteiger partial charge is 0.273 e. The molecule has 2 aromatic rings. The second kappa shape index (κ2) is 10.9. The van der Waals surface area contributed by atoms with E-state index in [4.69, 9.17) is 11.6 Å². The number of amides is 2. The summed E-state index contributed by atoms with van der Waals surface area (Å²) in [6, 6.07) is 3.76. The highest BCUT2D eigenvalue weighted by molar-refractivity contribution is 6.29. The van der Waals surface area contributed by atoms with Gasteiger partial charge in [-0.2, -0.15) is 0 Å². The molecule has 1 fully saturated rings. The van der Waals surface area contributed by atoms with Crippen LogP contribution < -0.4 is 5.32 Å². The molecular formula is C22H23ClF4N4O2. The van der Waals surface area contributed by atoms with Gasteiger partial charge in [-0.3, -0.25) is 9.59 Å². The summed E-state index contributed by atoms with van der Waals surface area (Å²) in [7, 11) is 0. The molecule has 0 bridgehead atoms. The lowest BCUT2D eigenvalue weighted by Gasteiger charge is -2.34. The van der Waals surface area contributed by atoms with Crippen molar-refractivity contribution in [3.63, 3.8) is 0 Å². The molecule has 6 nitrogen and oxygen atoms in total. The third kappa shape index (κ3) is 6.86. The van der Waals surface area contributed by atoms with Crippen LogP contribution in [0, 0.1) is 5.82 Å². The predicted octanol–water partition coefficient (Wildman–Crippen LogP) is 3.96. The molecule has 0 radical (unpaired) electrons. The molecule has 0 spiro atoms. The van der Waals surface area contributed by atoms with Gasteiger partial charge in [0.05, 0.1) is 0 Å². The molecule has 2 amide bonds. The van der Waals surface area contributed by atoms with Gasteiger partial charge in [0.1, 0.15) is 18.2 Å². The van der Waals surface area contributed by atoms with E-state index in [0.29, 0.717) is 5.56 Å². The molecule has 1 saturated carbocycles. The standard InChI is InChI=1S/C22H23ClF4N4O2/c23-19(25)21(33)31(9-6-14-2-1-3-16(24)10-14)18(15-11-28-13-29-12-15)20(32)30-17-4-7-22(26,27)8-5-17/h1-3,10-13,17-19H,4-9H2,(H,30,32)/t18-,19+/m1/s1. The molecule has 1 aliphatic rings. The normalized spacial score (nSPS) is 17.7. The van der Waals surface area contributed by atoms with Crippen molar-refractivity contribution in [3.05, 3.63) is 59.9 Å². The number of hydrogen-bond acceptors (Lipinski definition) is 4. The first-order chi connectivity index (χ1) is 15.7. The van der Waals surface area contributed by atoms with E-state index < -0.39 is 41.3 Å². The van der Waals surface area contributed by atoms with Gasteiger partial charge in [0, 0.05) is 43.4 Å². The van der Waals surface area contributed by atoms with Crippen LogP contribution in [-0.2, 0) is 16.0 Å². The first kappa shape index (κ1) is 24.9. The molecule has 1 heterocycles. The zero-order valence-corrected chi connectivity index (χ0v) is 18.3. The first-order valence-electron chi connectivity index (χ1n) is 10.4. The molecular weight excluding hydrogens is 464 g/mol. The molecule has 0 aliphatic heterocycles. The summed E-state index contributed by atoms with van der Waals surface area (Å²) in [5.74, 6) is -5.11. The van der Waals surface area contributed by atoms with Crippen molar-refractivity contribution in [3.8, 4) is 0 Å². The van der Waals surface area contributed by atoms with E-state index in [9.17, 15) is 27.2 Å². The van der Waals surface area contributed by atoms with E-state index in [1.807, 2.05) is 0 Å². The average molecular weight is 487 g/mol. The number of rotatable bonds is 8. The van der Waals surface area contributed by atoms with Crippen LogP contribution in [0.25, 0.3) is 0 Å². The van der Waals surface area contributed by atoms with E-state index in [1.165, 1.54) is 36.9 Å². The van der Waals surface area contributed by atoms with E-state index in [2.05, 4.69) is 15.3 Å². The monoisotopic (exact) mass is 486 g/mol. The summed E-state index contributed by atoms with van der Waals surface area (Å²) in [5.41, 5.74) is -1.71. The Balaban J connectivity index is 1.85. The number of hydrogen-bond donors (Lipinski definition) is 1. The van der Waals surface area contributed by atoms with Gasteiger partial charge in [0.25, 0.3) is 11.5 Å². The topological polar surface area (TPSA) is 75.2 Å². The van der Waals surface area contributed by atoms with Crippen molar-refractivity contribution in [2.45, 2.75) is 55.7 Å². The molecule has 1 aromatic carbocycles. The maximum Gasteiger partial charge on any atom is 0.273 e. The van der Waals surface area contributed by atoms with Crippen LogP contribution in [-0.4, -0.2) is 50.8 Å². The Morgan fingerprint density at radius 3 is 2.48 bits per heavy atom. The van der Waals surface area contributed by atoms with Crippen LogP contribution in [0.1, 0.15) is 42.9 Å². The molecule has 0 unspecified atom stereocenters. The van der Waals surface area contributed by atoms with Gasteiger partial charge in [-0.25, -0.2) is 27.5 Å². The van der Waals surface area contributed by atoms with Gasteiger partial charge in [0.2, 0.25) is 11.8 Å². The van der Waals surface area contributed by atoms with Crippen molar-refractivity contribution >= 4 is 23.4 Å². The maximum atomic E-state index is 13.9. The zero-order valence-electron chi connectivity index (χ0n) is 17.6. The summed E-state index contributed by atoms with van der Waals surface area (Å²) in [6.07, 6.45) is 3.33. The zero-order chi connectivity index (χ0) is 24.0. The van der Waals surface area contributed by atoms with Crippen molar-refractivity contribution in [1.82, 2.24) is 20.2 Å². The van der Waals surface area contributed by atoms with Crippen LogP contribution >= 0.6 is 11.6 Å². The number of carbonyl (C=O) groups is 2. The largest absolute Gasteiger partial charge is 0.351 e. The Kier molecular flexibility index (Phi) is 8.23. The lowest BCUT2D eigenvalue weighted by molar-refractivity contribution is -0.143. The second-order valence-corrected chi connectivity index (χ2v) is 8.31. The van der Waals surface area contributed by atoms with E-state index >= 15 is 0 Å². The summed E-state index contributed by atoms with van der Waals surface area (Å²) < 4.78 is 54.4. The number of carbonyl (C=O) groups excluding carboxylic acids is 2. The third-order valence-electron chi connectivity index (χ3n) is 5.52. The molecule has 11 heteroatoms. The third-order valence-corrected chi connectivity index (χ3v) is 5.71. The van der Waals surface area contributed by atoms with Crippen LogP contribution in [0.4, 0.5) is 17.6 Å². The van der Waals surface area contributed by atoms with E-state index in [-0.39, 0.29) is 44.2 Å². The van der Waals surface area contributed by atoms with Gasteiger partial charge in [-0.05, 0) is 37.0 Å². The fourth-order valence-electron chi connectivity index (χ4n) is 3.82. The highest BCUT2D eigenvalue weighted by Crippen LogP contribution is 2.33.